The summed E-state index contributed by atoms with van der Waals surface area (Å²) in [7, 11) is 0. The highest BCUT2D eigenvalue weighted by Gasteiger charge is 2.36. The highest BCUT2D eigenvalue weighted by molar-refractivity contribution is 5.98. The minimum Gasteiger partial charge on any atom is -0.480 e. The molecule has 0 aromatic heterocycles. The highest BCUT2D eigenvalue weighted by Crippen LogP contribution is 2.32. The Morgan fingerprint density at radius 3 is 2.17 bits per heavy atom. The first-order valence-corrected chi connectivity index (χ1v) is 10.5. The number of carbonyl (C=O) groups excluding carboxylic acids is 2. The molecule has 0 spiro atoms. The zero-order valence-corrected chi connectivity index (χ0v) is 18.9. The van der Waals surface area contributed by atoms with Gasteiger partial charge in [-0.1, -0.05) is 59.7 Å². The average Bonchev–Trinajstić information content (AvgIpc) is 2.72. The number of carbonyl (C=O) groups is 2. The van der Waals surface area contributed by atoms with E-state index in [0.29, 0.717) is 17.0 Å². The summed E-state index contributed by atoms with van der Waals surface area (Å²) in [5.41, 5.74) is 7.12. The van der Waals surface area contributed by atoms with Gasteiger partial charge in [-0.3, -0.25) is 9.59 Å². The predicted molar refractivity (Wildman–Crippen MR) is 122 cm³/mol. The second-order valence-electron chi connectivity index (χ2n) is 9.04. The van der Waals surface area contributed by atoms with Crippen molar-refractivity contribution in [2.24, 2.45) is 11.1 Å². The molecule has 0 radical (unpaired) electrons. The largest absolute Gasteiger partial charge is 0.480 e. The van der Waals surface area contributed by atoms with Gasteiger partial charge in [-0.05, 0) is 54.2 Å². The summed E-state index contributed by atoms with van der Waals surface area (Å²) >= 11 is 0. The first-order valence-electron chi connectivity index (χ1n) is 10.5. The van der Waals surface area contributed by atoms with Gasteiger partial charge in [0, 0.05) is 16.7 Å². The van der Waals surface area contributed by atoms with Crippen LogP contribution in [0, 0.1) is 5.41 Å². The molecule has 2 aromatic carbocycles. The maximum atomic E-state index is 13.1. The Balaban J connectivity index is 2.25. The summed E-state index contributed by atoms with van der Waals surface area (Å²) < 4.78 is 6.18. The van der Waals surface area contributed by atoms with E-state index in [1.165, 1.54) is 5.56 Å². The molecule has 2 aromatic rings. The monoisotopic (exact) mass is 410 g/mol. The summed E-state index contributed by atoms with van der Waals surface area (Å²) in [4.78, 5) is 24.5. The van der Waals surface area contributed by atoms with Crippen molar-refractivity contribution in [1.82, 2.24) is 0 Å². The van der Waals surface area contributed by atoms with Gasteiger partial charge in [-0.25, -0.2) is 0 Å². The SMILES string of the molecule is CCC(C)(C)c1ccc(OC(C(=O)Nc2cccc(C(N)=O)c2)C(C)(C)CC)cc1. The van der Waals surface area contributed by atoms with Gasteiger partial charge in [0.1, 0.15) is 5.75 Å². The third kappa shape index (κ3) is 5.62. The first-order chi connectivity index (χ1) is 14.0. The third-order valence-electron chi connectivity index (χ3n) is 6.05. The lowest BCUT2D eigenvalue weighted by Crippen LogP contribution is -2.44. The van der Waals surface area contributed by atoms with Crippen LogP contribution in [0.4, 0.5) is 5.69 Å². The lowest BCUT2D eigenvalue weighted by Gasteiger charge is -2.33. The number of nitrogens with two attached hydrogens (primary N) is 1. The second kappa shape index (κ2) is 9.33. The van der Waals surface area contributed by atoms with Gasteiger partial charge in [-0.15, -0.1) is 0 Å². The van der Waals surface area contributed by atoms with Crippen molar-refractivity contribution in [3.63, 3.8) is 0 Å². The number of nitrogens with one attached hydrogen (secondary N) is 1. The van der Waals surface area contributed by atoms with Crippen molar-refractivity contribution >= 4 is 17.5 Å². The van der Waals surface area contributed by atoms with Crippen LogP contribution in [0.5, 0.6) is 5.75 Å². The van der Waals surface area contributed by atoms with Crippen LogP contribution in [0.2, 0.25) is 0 Å². The van der Waals surface area contributed by atoms with Crippen LogP contribution in [0.25, 0.3) is 0 Å². The van der Waals surface area contributed by atoms with Crippen LogP contribution >= 0.6 is 0 Å². The van der Waals surface area contributed by atoms with E-state index < -0.39 is 17.4 Å². The van der Waals surface area contributed by atoms with Crippen molar-refractivity contribution in [3.8, 4) is 5.75 Å². The molecule has 162 valence electrons. The highest BCUT2D eigenvalue weighted by atomic mass is 16.5. The molecule has 5 heteroatoms. The van der Waals surface area contributed by atoms with Crippen molar-refractivity contribution < 1.29 is 14.3 Å². The Kier molecular flexibility index (Phi) is 7.30. The smallest absolute Gasteiger partial charge is 0.266 e. The van der Waals surface area contributed by atoms with Crippen LogP contribution in [0.15, 0.2) is 48.5 Å². The summed E-state index contributed by atoms with van der Waals surface area (Å²) in [5, 5.41) is 2.87. The quantitative estimate of drug-likeness (QED) is 0.589. The summed E-state index contributed by atoms with van der Waals surface area (Å²) in [6, 6.07) is 14.6. The number of hydrogen-bond donors (Lipinski definition) is 2. The van der Waals surface area contributed by atoms with Crippen LogP contribution < -0.4 is 15.8 Å². The lowest BCUT2D eigenvalue weighted by molar-refractivity contribution is -0.127. The zero-order chi connectivity index (χ0) is 22.5. The standard InChI is InChI=1S/C25H34N2O3/c1-7-24(3,4)18-12-14-20(15-13-18)30-21(25(5,6)8-2)23(29)27-19-11-9-10-17(16-19)22(26)28/h9-16,21H,7-8H2,1-6H3,(H2,26,28)(H,27,29). The summed E-state index contributed by atoms with van der Waals surface area (Å²) in [5.74, 6) is -0.150. The molecule has 5 nitrogen and oxygen atoms in total. The Morgan fingerprint density at radius 2 is 1.63 bits per heavy atom. The van der Waals surface area contributed by atoms with Crippen molar-refractivity contribution in [2.45, 2.75) is 65.9 Å². The second-order valence-corrected chi connectivity index (χ2v) is 9.04. The Morgan fingerprint density at radius 1 is 1.00 bits per heavy atom. The Hall–Kier alpha value is -2.82. The van der Waals surface area contributed by atoms with Crippen molar-refractivity contribution in [1.29, 1.82) is 0 Å². The van der Waals surface area contributed by atoms with E-state index in [2.05, 4.69) is 38.2 Å². The molecule has 2 amide bonds. The van der Waals surface area contributed by atoms with E-state index in [9.17, 15) is 9.59 Å². The number of hydrogen-bond acceptors (Lipinski definition) is 3. The third-order valence-corrected chi connectivity index (χ3v) is 6.05. The molecular formula is C25H34N2O3. The van der Waals surface area contributed by atoms with Gasteiger partial charge in [0.2, 0.25) is 5.91 Å². The molecule has 30 heavy (non-hydrogen) atoms. The zero-order valence-electron chi connectivity index (χ0n) is 18.9. The van der Waals surface area contributed by atoms with E-state index in [-0.39, 0.29) is 11.3 Å². The fourth-order valence-corrected chi connectivity index (χ4v) is 3.04. The van der Waals surface area contributed by atoms with E-state index >= 15 is 0 Å². The molecule has 1 atom stereocenters. The minimum atomic E-state index is -0.704. The topological polar surface area (TPSA) is 81.4 Å². The van der Waals surface area contributed by atoms with Crippen LogP contribution in [-0.4, -0.2) is 17.9 Å². The van der Waals surface area contributed by atoms with E-state index in [1.54, 1.807) is 24.3 Å². The molecule has 0 aliphatic carbocycles. The molecule has 0 aliphatic rings. The van der Waals surface area contributed by atoms with E-state index in [1.807, 2.05) is 32.9 Å². The van der Waals surface area contributed by atoms with Gasteiger partial charge >= 0.3 is 0 Å². The molecule has 0 heterocycles. The van der Waals surface area contributed by atoms with Gasteiger partial charge in [-0.2, -0.15) is 0 Å². The Bertz CT molecular complexity index is 886. The predicted octanol–water partition coefficient (Wildman–Crippen LogP) is 5.30. The number of ether oxygens (including phenoxy) is 1. The maximum absolute atomic E-state index is 13.1. The number of anilines is 1. The fourth-order valence-electron chi connectivity index (χ4n) is 3.04. The molecule has 0 saturated carbocycles. The fraction of sp³-hybridized carbons (Fsp3) is 0.440. The van der Waals surface area contributed by atoms with E-state index in [4.69, 9.17) is 10.5 Å². The van der Waals surface area contributed by atoms with Gasteiger partial charge in [0.05, 0.1) is 0 Å². The normalized spacial score (nSPS) is 12.9. The molecular weight excluding hydrogens is 376 g/mol. The first kappa shape index (κ1) is 23.5. The molecule has 1 unspecified atom stereocenters. The number of benzene rings is 2. The van der Waals surface area contributed by atoms with Gasteiger partial charge in [0.15, 0.2) is 6.10 Å². The molecule has 0 bridgehead atoms. The van der Waals surface area contributed by atoms with E-state index in [0.717, 1.165) is 12.8 Å². The average molecular weight is 411 g/mol. The lowest BCUT2D eigenvalue weighted by atomic mass is 9.82. The summed E-state index contributed by atoms with van der Waals surface area (Å²) in [6.45, 7) is 12.6. The number of rotatable bonds is 9. The molecule has 3 N–H and O–H groups in total. The van der Waals surface area contributed by atoms with Crippen molar-refractivity contribution in [2.75, 3.05) is 5.32 Å². The van der Waals surface area contributed by atoms with Gasteiger partial charge in [0.25, 0.3) is 5.91 Å². The van der Waals surface area contributed by atoms with Gasteiger partial charge < -0.3 is 15.8 Å². The molecule has 0 saturated heterocycles. The van der Waals surface area contributed by atoms with Crippen LogP contribution in [0.3, 0.4) is 0 Å². The summed E-state index contributed by atoms with van der Waals surface area (Å²) in [6.07, 6.45) is 1.09. The molecule has 0 fully saturated rings. The molecule has 0 aliphatic heterocycles. The van der Waals surface area contributed by atoms with Crippen LogP contribution in [-0.2, 0) is 10.2 Å². The number of amides is 2. The maximum Gasteiger partial charge on any atom is 0.266 e. The van der Waals surface area contributed by atoms with Crippen LogP contribution in [0.1, 0.15) is 70.3 Å². The molecule has 2 rings (SSSR count). The Labute approximate surface area is 180 Å². The van der Waals surface area contributed by atoms with Crippen molar-refractivity contribution in [3.05, 3.63) is 59.7 Å². The minimum absolute atomic E-state index is 0.0867. The number of primary amides is 1.